The molecule has 3 aromatic rings. The number of carbonyl (C=O) groups is 2. The molecule has 2 amide bonds. The third-order valence-corrected chi connectivity index (χ3v) is 5.97. The Morgan fingerprint density at radius 2 is 1.52 bits per heavy atom. The number of carbonyl (C=O) groups excluding carboxylic acids is 2. The number of nitrogens with one attached hydrogen (secondary N) is 1. The van der Waals surface area contributed by atoms with Crippen molar-refractivity contribution in [2.45, 2.75) is 40.0 Å². The van der Waals surface area contributed by atoms with Gasteiger partial charge >= 0.3 is 0 Å². The fraction of sp³-hybridized carbons (Fsp3) is 0.214. The summed E-state index contributed by atoms with van der Waals surface area (Å²) in [6.45, 7) is 10.3. The van der Waals surface area contributed by atoms with Crippen molar-refractivity contribution in [3.05, 3.63) is 100 Å². The van der Waals surface area contributed by atoms with Gasteiger partial charge in [0.25, 0.3) is 11.8 Å². The van der Waals surface area contributed by atoms with Crippen LogP contribution in [0.4, 0.5) is 15.8 Å². The van der Waals surface area contributed by atoms with Crippen LogP contribution in [-0.4, -0.2) is 11.8 Å². The number of anilines is 2. The second-order valence-corrected chi connectivity index (χ2v) is 9.43. The summed E-state index contributed by atoms with van der Waals surface area (Å²) >= 11 is 0. The first kappa shape index (κ1) is 22.5. The number of imide groups is 1. The Bertz CT molecular complexity index is 1280. The average molecular weight is 443 g/mol. The SMILES string of the molecule is Cc1ccc(C2=C(Nc3ccc(C(C)(C)C)cc3)C(=O)N(c3cccc(F)c3)C2=O)cc1C. The smallest absolute Gasteiger partial charge is 0.282 e. The van der Waals surface area contributed by atoms with E-state index in [1.807, 2.05) is 56.3 Å². The first-order valence-corrected chi connectivity index (χ1v) is 10.9. The summed E-state index contributed by atoms with van der Waals surface area (Å²) in [5, 5.41) is 3.17. The van der Waals surface area contributed by atoms with Crippen LogP contribution in [0.25, 0.3) is 5.57 Å². The maximum absolute atomic E-state index is 13.9. The molecule has 1 aliphatic heterocycles. The lowest BCUT2D eigenvalue weighted by Crippen LogP contribution is -2.32. The summed E-state index contributed by atoms with van der Waals surface area (Å²) in [5.41, 5.74) is 5.24. The van der Waals surface area contributed by atoms with Gasteiger partial charge in [0.2, 0.25) is 0 Å². The molecule has 0 saturated carbocycles. The lowest BCUT2D eigenvalue weighted by molar-refractivity contribution is -0.120. The van der Waals surface area contributed by atoms with E-state index in [0.29, 0.717) is 11.3 Å². The van der Waals surface area contributed by atoms with Crippen LogP contribution in [0.15, 0.2) is 72.4 Å². The number of nitrogens with zero attached hydrogens (tertiary/aromatic N) is 1. The average Bonchev–Trinajstić information content (AvgIpc) is 2.99. The van der Waals surface area contributed by atoms with Gasteiger partial charge in [-0.15, -0.1) is 0 Å². The molecule has 0 bridgehead atoms. The molecule has 0 aliphatic carbocycles. The van der Waals surface area contributed by atoms with Crippen molar-refractivity contribution in [2.75, 3.05) is 10.2 Å². The number of hydrogen-bond acceptors (Lipinski definition) is 3. The molecule has 1 heterocycles. The van der Waals surface area contributed by atoms with E-state index in [1.54, 1.807) is 6.07 Å². The molecular formula is C28H27FN2O2. The minimum Gasteiger partial charge on any atom is -0.350 e. The topological polar surface area (TPSA) is 49.4 Å². The molecule has 0 fully saturated rings. The Hall–Kier alpha value is -3.73. The van der Waals surface area contributed by atoms with Crippen LogP contribution in [0, 0.1) is 19.7 Å². The minimum atomic E-state index is -0.515. The maximum Gasteiger partial charge on any atom is 0.282 e. The molecule has 0 atom stereocenters. The molecule has 4 rings (SSSR count). The van der Waals surface area contributed by atoms with Gasteiger partial charge in [-0.05, 0) is 71.8 Å². The van der Waals surface area contributed by atoms with Gasteiger partial charge in [-0.1, -0.05) is 57.2 Å². The highest BCUT2D eigenvalue weighted by atomic mass is 19.1. The van der Waals surface area contributed by atoms with E-state index in [4.69, 9.17) is 0 Å². The summed E-state index contributed by atoms with van der Waals surface area (Å²) in [5.74, 6) is -1.51. The van der Waals surface area contributed by atoms with Crippen molar-refractivity contribution in [3.8, 4) is 0 Å². The Morgan fingerprint density at radius 1 is 0.818 bits per heavy atom. The predicted molar refractivity (Wildman–Crippen MR) is 130 cm³/mol. The molecule has 1 aliphatic rings. The summed E-state index contributed by atoms with van der Waals surface area (Å²) in [6.07, 6.45) is 0. The Kier molecular flexibility index (Phi) is 5.66. The minimum absolute atomic E-state index is 0.00426. The van der Waals surface area contributed by atoms with Crippen molar-refractivity contribution in [1.82, 2.24) is 0 Å². The molecule has 0 radical (unpaired) electrons. The maximum atomic E-state index is 13.9. The standard InChI is InChI=1S/C28H27FN2O2/c1-17-9-10-19(15-18(17)2)24-25(30-22-13-11-20(12-14-22)28(3,4)5)27(33)31(26(24)32)23-8-6-7-21(29)16-23/h6-16,30H,1-5H3. The lowest BCUT2D eigenvalue weighted by Gasteiger charge is -2.19. The lowest BCUT2D eigenvalue weighted by atomic mass is 9.87. The normalized spacial score (nSPS) is 14.3. The number of halogens is 1. The highest BCUT2D eigenvalue weighted by Crippen LogP contribution is 2.35. The molecule has 5 heteroatoms. The fourth-order valence-electron chi connectivity index (χ4n) is 3.86. The molecule has 0 unspecified atom stereocenters. The van der Waals surface area contributed by atoms with Gasteiger partial charge in [0.05, 0.1) is 11.3 Å². The van der Waals surface area contributed by atoms with Gasteiger partial charge in [0.15, 0.2) is 0 Å². The van der Waals surface area contributed by atoms with Gasteiger partial charge in [0.1, 0.15) is 11.5 Å². The molecule has 0 saturated heterocycles. The van der Waals surface area contributed by atoms with Gasteiger partial charge in [-0.2, -0.15) is 0 Å². The highest BCUT2D eigenvalue weighted by Gasteiger charge is 2.40. The van der Waals surface area contributed by atoms with Gasteiger partial charge in [-0.25, -0.2) is 9.29 Å². The third kappa shape index (κ3) is 4.31. The number of benzene rings is 3. The zero-order valence-corrected chi connectivity index (χ0v) is 19.5. The van der Waals surface area contributed by atoms with E-state index in [9.17, 15) is 14.0 Å². The van der Waals surface area contributed by atoms with Crippen LogP contribution in [0.3, 0.4) is 0 Å². The second-order valence-electron chi connectivity index (χ2n) is 9.43. The molecule has 1 N–H and O–H groups in total. The zero-order chi connectivity index (χ0) is 23.9. The van der Waals surface area contributed by atoms with E-state index >= 15 is 0 Å². The van der Waals surface area contributed by atoms with E-state index in [2.05, 4.69) is 26.1 Å². The van der Waals surface area contributed by atoms with Crippen LogP contribution in [0.2, 0.25) is 0 Å². The first-order valence-electron chi connectivity index (χ1n) is 10.9. The Balaban J connectivity index is 1.80. The van der Waals surface area contributed by atoms with E-state index in [0.717, 1.165) is 21.6 Å². The van der Waals surface area contributed by atoms with E-state index < -0.39 is 17.6 Å². The van der Waals surface area contributed by atoms with Crippen molar-refractivity contribution in [3.63, 3.8) is 0 Å². The zero-order valence-electron chi connectivity index (χ0n) is 19.5. The first-order chi connectivity index (χ1) is 15.6. The van der Waals surface area contributed by atoms with Crippen LogP contribution in [0.1, 0.15) is 43.0 Å². The molecule has 0 aromatic heterocycles. The summed E-state index contributed by atoms with van der Waals surface area (Å²) in [6, 6.07) is 19.0. The van der Waals surface area contributed by atoms with Gasteiger partial charge in [0, 0.05) is 5.69 Å². The molecule has 33 heavy (non-hydrogen) atoms. The molecule has 4 nitrogen and oxygen atoms in total. The van der Waals surface area contributed by atoms with Crippen LogP contribution >= 0.6 is 0 Å². The Morgan fingerprint density at radius 3 is 2.12 bits per heavy atom. The van der Waals surface area contributed by atoms with Crippen molar-refractivity contribution in [2.24, 2.45) is 0 Å². The quantitative estimate of drug-likeness (QED) is 0.494. The molecule has 168 valence electrons. The van der Waals surface area contributed by atoms with Gasteiger partial charge < -0.3 is 5.32 Å². The van der Waals surface area contributed by atoms with E-state index in [1.165, 1.54) is 18.2 Å². The highest BCUT2D eigenvalue weighted by molar-refractivity contribution is 6.46. The van der Waals surface area contributed by atoms with Crippen molar-refractivity contribution >= 4 is 28.8 Å². The fourth-order valence-corrected chi connectivity index (χ4v) is 3.86. The molecule has 3 aromatic carbocycles. The number of aryl methyl sites for hydroxylation is 2. The van der Waals surface area contributed by atoms with Crippen LogP contribution in [0.5, 0.6) is 0 Å². The number of hydrogen-bond donors (Lipinski definition) is 1. The van der Waals surface area contributed by atoms with Gasteiger partial charge in [-0.3, -0.25) is 9.59 Å². The third-order valence-electron chi connectivity index (χ3n) is 5.97. The molecular weight excluding hydrogens is 415 g/mol. The van der Waals surface area contributed by atoms with Crippen LogP contribution < -0.4 is 10.2 Å². The Labute approximate surface area is 193 Å². The largest absolute Gasteiger partial charge is 0.350 e. The van der Waals surface area contributed by atoms with Crippen molar-refractivity contribution < 1.29 is 14.0 Å². The monoisotopic (exact) mass is 442 g/mol. The predicted octanol–water partition coefficient (Wildman–Crippen LogP) is 6.14. The van der Waals surface area contributed by atoms with Crippen LogP contribution in [-0.2, 0) is 15.0 Å². The number of amides is 2. The number of rotatable bonds is 4. The summed E-state index contributed by atoms with van der Waals surface area (Å²) in [7, 11) is 0. The molecule has 0 spiro atoms. The second kappa shape index (κ2) is 8.32. The van der Waals surface area contributed by atoms with Crippen molar-refractivity contribution in [1.29, 1.82) is 0 Å². The summed E-state index contributed by atoms with van der Waals surface area (Å²) in [4.78, 5) is 28.0. The summed E-state index contributed by atoms with van der Waals surface area (Å²) < 4.78 is 13.9. The van der Waals surface area contributed by atoms with E-state index in [-0.39, 0.29) is 22.4 Å².